The van der Waals surface area contributed by atoms with E-state index in [1.165, 1.54) is 6.07 Å². The molecule has 0 unspecified atom stereocenters. The Labute approximate surface area is 121 Å². The van der Waals surface area contributed by atoms with Crippen LogP contribution >= 0.6 is 0 Å². The lowest BCUT2D eigenvalue weighted by Gasteiger charge is -2.12. The van der Waals surface area contributed by atoms with Crippen molar-refractivity contribution < 1.29 is 13.5 Å². The number of halogens is 2. The summed E-state index contributed by atoms with van der Waals surface area (Å²) >= 11 is 0. The third kappa shape index (κ3) is 4.27. The molecule has 1 N–H and O–H groups in total. The molecule has 0 saturated carbocycles. The summed E-state index contributed by atoms with van der Waals surface area (Å²) in [4.78, 5) is 10.2. The first kappa shape index (κ1) is 15.0. The molecule has 21 heavy (non-hydrogen) atoms. The normalized spacial score (nSPS) is 10.3. The maximum Gasteiger partial charge on any atom is 0.224 e. The smallest absolute Gasteiger partial charge is 0.224 e. The molecule has 0 spiro atoms. The molecule has 2 aromatic rings. The van der Waals surface area contributed by atoms with Crippen LogP contribution in [0, 0.1) is 11.6 Å². The van der Waals surface area contributed by atoms with Crippen molar-refractivity contribution >= 4 is 11.8 Å². The molecule has 1 aromatic carbocycles. The molecule has 0 saturated heterocycles. The first-order valence-corrected chi connectivity index (χ1v) is 6.38. The Morgan fingerprint density at radius 1 is 1.19 bits per heavy atom. The summed E-state index contributed by atoms with van der Waals surface area (Å²) in [6.45, 7) is 0.719. The zero-order valence-electron chi connectivity index (χ0n) is 11.8. The molecule has 5 nitrogen and oxygen atoms in total. The summed E-state index contributed by atoms with van der Waals surface area (Å²) in [7, 11) is 3.77. The van der Waals surface area contributed by atoms with E-state index in [4.69, 9.17) is 4.74 Å². The molecule has 0 radical (unpaired) electrons. The Morgan fingerprint density at radius 2 is 2.00 bits per heavy atom. The van der Waals surface area contributed by atoms with Crippen LogP contribution in [-0.4, -0.2) is 37.2 Å². The molecule has 0 aliphatic rings. The van der Waals surface area contributed by atoms with Crippen LogP contribution in [0.3, 0.4) is 0 Å². The van der Waals surface area contributed by atoms with E-state index in [1.807, 2.05) is 19.0 Å². The van der Waals surface area contributed by atoms with Crippen LogP contribution in [-0.2, 0) is 0 Å². The quantitative estimate of drug-likeness (QED) is 0.829. The van der Waals surface area contributed by atoms with Crippen molar-refractivity contribution in [2.75, 3.05) is 37.5 Å². The van der Waals surface area contributed by atoms with E-state index in [2.05, 4.69) is 15.3 Å². The molecule has 0 fully saturated rings. The Morgan fingerprint density at radius 3 is 2.71 bits per heavy atom. The number of ether oxygens (including phenoxy) is 1. The molecule has 0 amide bonds. The minimum atomic E-state index is -0.928. The van der Waals surface area contributed by atoms with Crippen LogP contribution in [0.15, 0.2) is 30.5 Å². The molecule has 2 rings (SSSR count). The topological polar surface area (TPSA) is 50.3 Å². The van der Waals surface area contributed by atoms with Gasteiger partial charge in [-0.2, -0.15) is 4.98 Å². The van der Waals surface area contributed by atoms with Gasteiger partial charge in [0.2, 0.25) is 5.95 Å². The Kier molecular flexibility index (Phi) is 4.86. The highest BCUT2D eigenvalue weighted by Gasteiger charge is 2.03. The molecule has 7 heteroatoms. The van der Waals surface area contributed by atoms with E-state index in [-0.39, 0.29) is 12.4 Å². The SMILES string of the molecule is CN(C)c1ccnc(NCCOc2ccc(F)c(F)c2)n1. The van der Waals surface area contributed by atoms with Gasteiger partial charge in [0.25, 0.3) is 0 Å². The van der Waals surface area contributed by atoms with Gasteiger partial charge in [-0.25, -0.2) is 13.8 Å². The van der Waals surface area contributed by atoms with Crippen LogP contribution in [0.1, 0.15) is 0 Å². The zero-order chi connectivity index (χ0) is 15.2. The highest BCUT2D eigenvalue weighted by molar-refractivity contribution is 5.40. The van der Waals surface area contributed by atoms with Crippen LogP contribution in [0.25, 0.3) is 0 Å². The first-order chi connectivity index (χ1) is 10.1. The molecular weight excluding hydrogens is 278 g/mol. The minimum absolute atomic E-state index is 0.277. The van der Waals surface area contributed by atoms with E-state index in [0.29, 0.717) is 12.5 Å². The zero-order valence-corrected chi connectivity index (χ0v) is 11.8. The largest absolute Gasteiger partial charge is 0.492 e. The molecule has 0 aliphatic heterocycles. The van der Waals surface area contributed by atoms with Gasteiger partial charge in [-0.1, -0.05) is 0 Å². The lowest BCUT2D eigenvalue weighted by Crippen LogP contribution is -2.16. The minimum Gasteiger partial charge on any atom is -0.492 e. The number of benzene rings is 1. The summed E-state index contributed by atoms with van der Waals surface area (Å²) in [5, 5.41) is 2.99. The van der Waals surface area contributed by atoms with Crippen molar-refractivity contribution in [3.05, 3.63) is 42.1 Å². The number of hydrogen-bond acceptors (Lipinski definition) is 5. The van der Waals surface area contributed by atoms with Crippen LogP contribution in [0.5, 0.6) is 5.75 Å². The van der Waals surface area contributed by atoms with Gasteiger partial charge in [-0.3, -0.25) is 0 Å². The van der Waals surface area contributed by atoms with Gasteiger partial charge in [-0.05, 0) is 18.2 Å². The van der Waals surface area contributed by atoms with E-state index in [1.54, 1.807) is 12.3 Å². The lowest BCUT2D eigenvalue weighted by molar-refractivity contribution is 0.329. The number of nitrogens with zero attached hydrogens (tertiary/aromatic N) is 3. The van der Waals surface area contributed by atoms with Gasteiger partial charge >= 0.3 is 0 Å². The summed E-state index contributed by atoms with van der Waals surface area (Å²) in [6.07, 6.45) is 1.65. The van der Waals surface area contributed by atoms with Crippen LogP contribution < -0.4 is 15.0 Å². The molecule has 1 aromatic heterocycles. The van der Waals surface area contributed by atoms with Crippen molar-refractivity contribution in [1.29, 1.82) is 0 Å². The summed E-state index contributed by atoms with van der Waals surface area (Å²) in [6, 6.07) is 5.21. The monoisotopic (exact) mass is 294 g/mol. The van der Waals surface area contributed by atoms with Crippen LogP contribution in [0.4, 0.5) is 20.5 Å². The van der Waals surface area contributed by atoms with E-state index in [9.17, 15) is 8.78 Å². The summed E-state index contributed by atoms with van der Waals surface area (Å²) < 4.78 is 31.0. The average molecular weight is 294 g/mol. The molecule has 0 aliphatic carbocycles. The fraction of sp³-hybridized carbons (Fsp3) is 0.286. The summed E-state index contributed by atoms with van der Waals surface area (Å²) in [5.41, 5.74) is 0. The molecule has 0 atom stereocenters. The van der Waals surface area contributed by atoms with Gasteiger partial charge in [0.15, 0.2) is 11.6 Å². The van der Waals surface area contributed by atoms with Crippen molar-refractivity contribution in [3.63, 3.8) is 0 Å². The maximum atomic E-state index is 13.0. The lowest BCUT2D eigenvalue weighted by atomic mass is 10.3. The number of hydrogen-bond donors (Lipinski definition) is 1. The Bertz CT molecular complexity index is 607. The third-order valence-corrected chi connectivity index (χ3v) is 2.64. The second-order valence-corrected chi connectivity index (χ2v) is 4.48. The number of aromatic nitrogens is 2. The number of anilines is 2. The maximum absolute atomic E-state index is 13.0. The standard InChI is InChI=1S/C14H16F2N4O/c1-20(2)13-5-6-17-14(19-13)18-7-8-21-10-3-4-11(15)12(16)9-10/h3-6,9H,7-8H2,1-2H3,(H,17,18,19). The van der Waals surface area contributed by atoms with Crippen molar-refractivity contribution in [2.24, 2.45) is 0 Å². The number of rotatable bonds is 6. The second-order valence-electron chi connectivity index (χ2n) is 4.48. The average Bonchev–Trinajstić information content (AvgIpc) is 2.47. The van der Waals surface area contributed by atoms with E-state index < -0.39 is 11.6 Å². The van der Waals surface area contributed by atoms with Gasteiger partial charge in [0, 0.05) is 26.4 Å². The molecule has 112 valence electrons. The highest BCUT2D eigenvalue weighted by atomic mass is 19.2. The predicted octanol–water partition coefficient (Wildman–Crippen LogP) is 2.31. The second kappa shape index (κ2) is 6.83. The van der Waals surface area contributed by atoms with Crippen LogP contribution in [0.2, 0.25) is 0 Å². The van der Waals surface area contributed by atoms with Gasteiger partial charge in [-0.15, -0.1) is 0 Å². The summed E-state index contributed by atoms with van der Waals surface area (Å²) in [5.74, 6) is -0.278. The van der Waals surface area contributed by atoms with E-state index in [0.717, 1.165) is 18.0 Å². The fourth-order valence-corrected chi connectivity index (χ4v) is 1.58. The molecular formula is C14H16F2N4O. The predicted molar refractivity (Wildman–Crippen MR) is 76.7 cm³/mol. The third-order valence-electron chi connectivity index (χ3n) is 2.64. The Hall–Kier alpha value is -2.44. The van der Waals surface area contributed by atoms with Crippen molar-refractivity contribution in [3.8, 4) is 5.75 Å². The molecule has 1 heterocycles. The van der Waals surface area contributed by atoms with Gasteiger partial charge in [0.1, 0.15) is 18.2 Å². The van der Waals surface area contributed by atoms with Gasteiger partial charge in [0.05, 0.1) is 6.54 Å². The molecule has 0 bridgehead atoms. The van der Waals surface area contributed by atoms with Crippen molar-refractivity contribution in [1.82, 2.24) is 9.97 Å². The van der Waals surface area contributed by atoms with Gasteiger partial charge < -0.3 is 15.0 Å². The first-order valence-electron chi connectivity index (χ1n) is 6.38. The fourth-order valence-electron chi connectivity index (χ4n) is 1.58. The highest BCUT2D eigenvalue weighted by Crippen LogP contribution is 2.15. The van der Waals surface area contributed by atoms with Crippen molar-refractivity contribution in [2.45, 2.75) is 0 Å². The Balaban J connectivity index is 1.81. The number of nitrogens with one attached hydrogen (secondary N) is 1. The van der Waals surface area contributed by atoms with E-state index >= 15 is 0 Å².